The molecule has 1 saturated heterocycles. The lowest BCUT2D eigenvalue weighted by Gasteiger charge is -2.20. The third kappa shape index (κ3) is 6.43. The lowest BCUT2D eigenvalue weighted by atomic mass is 10.0. The molecule has 2 aromatic rings. The number of benzene rings is 2. The molecule has 1 fully saturated rings. The fourth-order valence-electron chi connectivity index (χ4n) is 2.81. The fraction of sp³-hybridized carbons (Fsp3) is 0.318. The van der Waals surface area contributed by atoms with Gasteiger partial charge in [0.1, 0.15) is 18.8 Å². The van der Waals surface area contributed by atoms with E-state index in [9.17, 15) is 14.4 Å². The summed E-state index contributed by atoms with van der Waals surface area (Å²) in [5.41, 5.74) is 1.77. The lowest BCUT2D eigenvalue weighted by Crippen LogP contribution is -2.52. The summed E-state index contributed by atoms with van der Waals surface area (Å²) in [5.74, 6) is -0.627. The second-order valence-corrected chi connectivity index (χ2v) is 6.90. The fourth-order valence-corrected chi connectivity index (χ4v) is 2.81. The van der Waals surface area contributed by atoms with E-state index in [2.05, 4.69) is 10.6 Å². The minimum atomic E-state index is -0.857. The Morgan fingerprint density at radius 3 is 2.17 bits per heavy atom. The second kappa shape index (κ2) is 9.84. The smallest absolute Gasteiger partial charge is 0.408 e. The van der Waals surface area contributed by atoms with Gasteiger partial charge in [-0.3, -0.25) is 9.59 Å². The Balaban J connectivity index is 1.52. The predicted molar refractivity (Wildman–Crippen MR) is 106 cm³/mol. The number of carbonyl (C=O) groups excluding carboxylic acids is 3. The molecule has 3 atom stereocenters. The van der Waals surface area contributed by atoms with Gasteiger partial charge >= 0.3 is 6.09 Å². The van der Waals surface area contributed by atoms with Crippen LogP contribution in [0.1, 0.15) is 18.1 Å². The standard InChI is InChI=1S/C22H24N2O5/c1-15(23-22(27)29-13-17-10-6-3-7-11-17)21(26)24-18(20(25)19-14-28-19)12-16-8-4-2-5-9-16/h2-11,15,18-19H,12-14H2,1H3,(H,23,27)(H,24,26)/t15?,18?,19-/m1/s1. The van der Waals surface area contributed by atoms with Crippen LogP contribution in [-0.4, -0.2) is 42.6 Å². The minimum Gasteiger partial charge on any atom is -0.445 e. The Kier molecular flexibility index (Phi) is 6.97. The molecule has 0 aromatic heterocycles. The SMILES string of the molecule is CC(NC(=O)OCc1ccccc1)C(=O)NC(Cc1ccccc1)C(=O)[C@H]1CO1. The van der Waals surface area contributed by atoms with Crippen molar-refractivity contribution in [1.29, 1.82) is 0 Å². The number of ketones is 1. The Morgan fingerprint density at radius 1 is 1.00 bits per heavy atom. The van der Waals surface area contributed by atoms with Crippen molar-refractivity contribution in [3.8, 4) is 0 Å². The monoisotopic (exact) mass is 396 g/mol. The number of rotatable bonds is 9. The number of nitrogens with one attached hydrogen (secondary N) is 2. The number of ether oxygens (including phenoxy) is 2. The van der Waals surface area contributed by atoms with Gasteiger partial charge in [0, 0.05) is 0 Å². The number of hydrogen-bond acceptors (Lipinski definition) is 5. The Morgan fingerprint density at radius 2 is 1.59 bits per heavy atom. The second-order valence-electron chi connectivity index (χ2n) is 6.90. The molecule has 0 aliphatic carbocycles. The molecule has 1 aliphatic rings. The van der Waals surface area contributed by atoms with Crippen LogP contribution in [0.5, 0.6) is 0 Å². The van der Waals surface area contributed by atoms with Gasteiger partial charge in [0.25, 0.3) is 0 Å². The third-order valence-corrected chi connectivity index (χ3v) is 4.53. The van der Waals surface area contributed by atoms with Crippen LogP contribution in [0.25, 0.3) is 0 Å². The van der Waals surface area contributed by atoms with Crippen LogP contribution in [-0.2, 0) is 32.1 Å². The number of alkyl carbamates (subject to hydrolysis) is 1. The molecular formula is C22H24N2O5. The zero-order valence-corrected chi connectivity index (χ0v) is 16.2. The molecule has 0 spiro atoms. The van der Waals surface area contributed by atoms with Crippen LogP contribution in [0.15, 0.2) is 60.7 Å². The van der Waals surface area contributed by atoms with Gasteiger partial charge < -0.3 is 20.1 Å². The number of epoxide rings is 1. The van der Waals surface area contributed by atoms with Gasteiger partial charge in [-0.05, 0) is 24.5 Å². The van der Waals surface area contributed by atoms with Crippen LogP contribution < -0.4 is 10.6 Å². The molecule has 2 N–H and O–H groups in total. The van der Waals surface area contributed by atoms with Crippen LogP contribution in [0, 0.1) is 0 Å². The van der Waals surface area contributed by atoms with Gasteiger partial charge in [-0.25, -0.2) is 4.79 Å². The van der Waals surface area contributed by atoms with Crippen LogP contribution in [0.3, 0.4) is 0 Å². The highest BCUT2D eigenvalue weighted by Gasteiger charge is 2.37. The molecule has 29 heavy (non-hydrogen) atoms. The summed E-state index contributed by atoms with van der Waals surface area (Å²) < 4.78 is 10.2. The molecular weight excluding hydrogens is 372 g/mol. The minimum absolute atomic E-state index is 0.106. The molecule has 0 radical (unpaired) electrons. The van der Waals surface area contributed by atoms with Gasteiger partial charge in [0.2, 0.25) is 5.91 Å². The van der Waals surface area contributed by atoms with Gasteiger partial charge in [-0.1, -0.05) is 60.7 Å². The molecule has 7 heteroatoms. The van der Waals surface area contributed by atoms with E-state index >= 15 is 0 Å². The summed E-state index contributed by atoms with van der Waals surface area (Å²) in [5, 5.41) is 5.21. The van der Waals surface area contributed by atoms with E-state index in [0.29, 0.717) is 13.0 Å². The summed E-state index contributed by atoms with van der Waals surface area (Å²) in [6, 6.07) is 17.1. The first-order chi connectivity index (χ1) is 14.0. The maximum absolute atomic E-state index is 12.5. The van der Waals surface area contributed by atoms with Crippen molar-refractivity contribution in [3.05, 3.63) is 71.8 Å². The summed E-state index contributed by atoms with van der Waals surface area (Å²) in [6.45, 7) is 2.02. The zero-order chi connectivity index (χ0) is 20.6. The molecule has 1 heterocycles. The van der Waals surface area contributed by atoms with Crippen molar-refractivity contribution < 1.29 is 23.9 Å². The van der Waals surface area contributed by atoms with E-state index in [1.54, 1.807) is 0 Å². The largest absolute Gasteiger partial charge is 0.445 e. The number of Topliss-reactive ketones (excluding diaryl/α,β-unsaturated/α-hetero) is 1. The topological polar surface area (TPSA) is 97.0 Å². The molecule has 7 nitrogen and oxygen atoms in total. The summed E-state index contributed by atoms with van der Waals surface area (Å²) in [6.07, 6.45) is -0.813. The highest BCUT2D eigenvalue weighted by atomic mass is 16.6. The predicted octanol–water partition coefficient (Wildman–Crippen LogP) is 2.00. The van der Waals surface area contributed by atoms with E-state index in [4.69, 9.17) is 9.47 Å². The van der Waals surface area contributed by atoms with E-state index in [1.165, 1.54) is 6.92 Å². The van der Waals surface area contributed by atoms with Crippen molar-refractivity contribution in [2.24, 2.45) is 0 Å². The first-order valence-corrected chi connectivity index (χ1v) is 9.50. The van der Waals surface area contributed by atoms with Gasteiger partial charge in [0.15, 0.2) is 5.78 Å². The molecule has 1 aliphatic heterocycles. The first-order valence-electron chi connectivity index (χ1n) is 9.50. The molecule has 0 saturated carbocycles. The summed E-state index contributed by atoms with van der Waals surface area (Å²) in [4.78, 5) is 37.0. The van der Waals surface area contributed by atoms with Crippen molar-refractivity contribution in [1.82, 2.24) is 10.6 Å². The van der Waals surface area contributed by atoms with Crippen LogP contribution in [0.4, 0.5) is 4.79 Å². The number of amides is 2. The normalized spacial score (nSPS) is 16.9. The van der Waals surface area contributed by atoms with E-state index in [0.717, 1.165) is 11.1 Å². The highest BCUT2D eigenvalue weighted by Crippen LogP contribution is 2.15. The maximum Gasteiger partial charge on any atom is 0.408 e. The Labute approximate surface area is 169 Å². The summed E-state index contributed by atoms with van der Waals surface area (Å²) in [7, 11) is 0. The molecule has 3 rings (SSSR count). The molecule has 2 unspecified atom stereocenters. The van der Waals surface area contributed by atoms with Crippen molar-refractivity contribution in [2.75, 3.05) is 6.61 Å². The van der Waals surface area contributed by atoms with E-state index in [1.807, 2.05) is 60.7 Å². The Hall–Kier alpha value is -3.19. The van der Waals surface area contributed by atoms with Crippen LogP contribution in [0.2, 0.25) is 0 Å². The zero-order valence-electron chi connectivity index (χ0n) is 16.2. The van der Waals surface area contributed by atoms with Crippen molar-refractivity contribution >= 4 is 17.8 Å². The molecule has 152 valence electrons. The third-order valence-electron chi connectivity index (χ3n) is 4.53. The summed E-state index contributed by atoms with van der Waals surface area (Å²) >= 11 is 0. The van der Waals surface area contributed by atoms with Crippen LogP contribution >= 0.6 is 0 Å². The van der Waals surface area contributed by atoms with Gasteiger partial charge in [0.05, 0.1) is 12.6 Å². The number of hydrogen-bond donors (Lipinski definition) is 2. The molecule has 0 bridgehead atoms. The van der Waals surface area contributed by atoms with E-state index < -0.39 is 30.2 Å². The molecule has 2 amide bonds. The van der Waals surface area contributed by atoms with E-state index in [-0.39, 0.29) is 12.4 Å². The van der Waals surface area contributed by atoms with Crippen molar-refractivity contribution in [3.63, 3.8) is 0 Å². The lowest BCUT2D eigenvalue weighted by molar-refractivity contribution is -0.129. The number of carbonyl (C=O) groups is 3. The maximum atomic E-state index is 12.5. The highest BCUT2D eigenvalue weighted by molar-refractivity contribution is 5.95. The Bertz CT molecular complexity index is 837. The quantitative estimate of drug-likeness (QED) is 0.632. The van der Waals surface area contributed by atoms with Gasteiger partial charge in [-0.2, -0.15) is 0 Å². The average molecular weight is 396 g/mol. The van der Waals surface area contributed by atoms with Crippen molar-refractivity contribution in [2.45, 2.75) is 38.1 Å². The first kappa shape index (κ1) is 20.5. The average Bonchev–Trinajstić information content (AvgIpc) is 3.58. The van der Waals surface area contributed by atoms with Gasteiger partial charge in [-0.15, -0.1) is 0 Å². The molecule has 2 aromatic carbocycles.